The van der Waals surface area contributed by atoms with Gasteiger partial charge in [0.15, 0.2) is 0 Å². The molecule has 1 unspecified atom stereocenters. The third-order valence-corrected chi connectivity index (χ3v) is 6.50. The molecule has 184 valence electrons. The molecule has 1 saturated heterocycles. The van der Waals surface area contributed by atoms with Gasteiger partial charge in [-0.2, -0.15) is 5.26 Å². The number of anilines is 3. The highest BCUT2D eigenvalue weighted by atomic mass is 35.5. The Balaban J connectivity index is 1.44. The van der Waals surface area contributed by atoms with Crippen LogP contribution in [0.4, 0.5) is 21.5 Å². The number of morpholine rings is 1. The Morgan fingerprint density at radius 1 is 1.17 bits per heavy atom. The van der Waals surface area contributed by atoms with E-state index in [2.05, 4.69) is 36.6 Å². The fourth-order valence-corrected chi connectivity index (χ4v) is 4.48. The summed E-state index contributed by atoms with van der Waals surface area (Å²) in [6.07, 6.45) is 5.94. The van der Waals surface area contributed by atoms with E-state index < -0.39 is 5.82 Å². The van der Waals surface area contributed by atoms with Gasteiger partial charge >= 0.3 is 0 Å². The average molecular weight is 506 g/mol. The molecule has 36 heavy (non-hydrogen) atoms. The molecule has 4 aromatic rings. The van der Waals surface area contributed by atoms with E-state index in [1.165, 1.54) is 18.3 Å². The van der Waals surface area contributed by atoms with Crippen molar-refractivity contribution in [2.45, 2.75) is 12.5 Å². The van der Waals surface area contributed by atoms with E-state index in [1.807, 2.05) is 24.4 Å². The zero-order chi connectivity index (χ0) is 24.9. The van der Waals surface area contributed by atoms with Crippen molar-refractivity contribution in [3.63, 3.8) is 0 Å². The molecule has 0 saturated carbocycles. The Morgan fingerprint density at radius 3 is 2.75 bits per heavy atom. The van der Waals surface area contributed by atoms with Gasteiger partial charge in [-0.05, 0) is 42.8 Å². The van der Waals surface area contributed by atoms with Gasteiger partial charge < -0.3 is 20.4 Å². The molecule has 1 aliphatic heterocycles. The monoisotopic (exact) mass is 505 g/mol. The summed E-state index contributed by atoms with van der Waals surface area (Å²) in [6.45, 7) is 4.27. The van der Waals surface area contributed by atoms with Crippen LogP contribution in [-0.2, 0) is 4.74 Å². The minimum atomic E-state index is -0.505. The first-order valence-corrected chi connectivity index (χ1v) is 12.1. The summed E-state index contributed by atoms with van der Waals surface area (Å²) >= 11 is 5.97. The van der Waals surface area contributed by atoms with E-state index in [0.29, 0.717) is 16.9 Å². The number of rotatable bonds is 8. The number of benzene rings is 2. The molecule has 0 amide bonds. The highest BCUT2D eigenvalue weighted by Crippen LogP contribution is 2.33. The number of imidazole rings is 1. The summed E-state index contributed by atoms with van der Waals surface area (Å²) in [5, 5.41) is 17.3. The number of ether oxygens (including phenoxy) is 1. The zero-order valence-electron chi connectivity index (χ0n) is 19.5. The second kappa shape index (κ2) is 10.9. The molecule has 1 aliphatic rings. The van der Waals surface area contributed by atoms with Crippen LogP contribution in [0.5, 0.6) is 0 Å². The third kappa shape index (κ3) is 5.41. The lowest BCUT2D eigenvalue weighted by Crippen LogP contribution is -2.37. The van der Waals surface area contributed by atoms with Crippen LogP contribution in [0.15, 0.2) is 55.0 Å². The first kappa shape index (κ1) is 24.0. The predicted octanol–water partition coefficient (Wildman–Crippen LogP) is 5.24. The van der Waals surface area contributed by atoms with Crippen LogP contribution in [0.1, 0.15) is 23.9 Å². The fraction of sp³-hybridized carbons (Fsp3) is 0.269. The summed E-state index contributed by atoms with van der Waals surface area (Å²) < 4.78 is 19.1. The van der Waals surface area contributed by atoms with Crippen molar-refractivity contribution in [2.24, 2.45) is 0 Å². The summed E-state index contributed by atoms with van der Waals surface area (Å²) in [5.74, 6) is 0.349. The Labute approximate surface area is 213 Å². The van der Waals surface area contributed by atoms with Crippen LogP contribution in [0, 0.1) is 17.1 Å². The molecule has 0 spiro atoms. The van der Waals surface area contributed by atoms with Gasteiger partial charge in [0, 0.05) is 55.0 Å². The molecule has 10 heteroatoms. The third-order valence-electron chi connectivity index (χ3n) is 6.21. The van der Waals surface area contributed by atoms with Crippen molar-refractivity contribution in [3.8, 4) is 6.07 Å². The molecule has 0 bridgehead atoms. The molecule has 1 atom stereocenters. The second-order valence-electron chi connectivity index (χ2n) is 8.56. The molecule has 8 nitrogen and oxygen atoms in total. The lowest BCUT2D eigenvalue weighted by molar-refractivity contribution is 0.0368. The summed E-state index contributed by atoms with van der Waals surface area (Å²) in [7, 11) is 0. The first-order valence-electron chi connectivity index (χ1n) is 11.7. The maximum Gasteiger partial charge on any atom is 0.141 e. The van der Waals surface area contributed by atoms with Crippen molar-refractivity contribution in [1.29, 1.82) is 5.26 Å². The number of fused-ring (bicyclic) bond motifs is 1. The number of H-pyrrole nitrogens is 1. The number of pyridine rings is 1. The summed E-state index contributed by atoms with van der Waals surface area (Å²) in [6, 6.07) is 12.3. The second-order valence-corrected chi connectivity index (χ2v) is 8.97. The number of hydrogen-bond donors (Lipinski definition) is 3. The number of nitriles is 1. The lowest BCUT2D eigenvalue weighted by atomic mass is 10.1. The Bertz CT molecular complexity index is 1380. The van der Waals surface area contributed by atoms with Crippen LogP contribution < -0.4 is 10.6 Å². The Morgan fingerprint density at radius 2 is 2.00 bits per heavy atom. The number of halogens is 2. The largest absolute Gasteiger partial charge is 0.379 e. The minimum absolute atomic E-state index is 0.000725. The van der Waals surface area contributed by atoms with Crippen molar-refractivity contribution in [2.75, 3.05) is 43.5 Å². The quantitative estimate of drug-likeness (QED) is 0.301. The number of hydrogen-bond acceptors (Lipinski definition) is 7. The van der Waals surface area contributed by atoms with E-state index in [1.54, 1.807) is 12.3 Å². The van der Waals surface area contributed by atoms with Crippen LogP contribution in [0.3, 0.4) is 0 Å². The van der Waals surface area contributed by atoms with Crippen LogP contribution in [0.25, 0.3) is 10.9 Å². The highest BCUT2D eigenvalue weighted by molar-refractivity contribution is 6.31. The van der Waals surface area contributed by atoms with Gasteiger partial charge in [-0.3, -0.25) is 9.88 Å². The van der Waals surface area contributed by atoms with Gasteiger partial charge in [-0.1, -0.05) is 11.6 Å². The number of nitrogens with one attached hydrogen (secondary N) is 3. The van der Waals surface area contributed by atoms with Gasteiger partial charge in [-0.15, -0.1) is 0 Å². The molecule has 3 N–H and O–H groups in total. The minimum Gasteiger partial charge on any atom is -0.379 e. The van der Waals surface area contributed by atoms with Gasteiger partial charge in [0.25, 0.3) is 0 Å². The fourth-order valence-electron chi connectivity index (χ4n) is 4.30. The van der Waals surface area contributed by atoms with Crippen molar-refractivity contribution in [1.82, 2.24) is 19.9 Å². The van der Waals surface area contributed by atoms with Gasteiger partial charge in [0.1, 0.15) is 17.7 Å². The standard InChI is InChI=1S/C26H25ClFN7O/c27-21-14-19(1-3-22(21)28)34-25-17(15-29)16-32-23-4-2-18(13-20(23)25)33-24(26-30-6-7-31-26)5-8-35-9-11-36-12-10-35/h1-4,6-7,13-14,16,24,33H,5,8-12H2,(H,30,31)(H,32,34). The highest BCUT2D eigenvalue weighted by Gasteiger charge is 2.18. The van der Waals surface area contributed by atoms with Crippen LogP contribution in [-0.4, -0.2) is 52.7 Å². The summed E-state index contributed by atoms with van der Waals surface area (Å²) in [4.78, 5) is 14.5. The SMILES string of the molecule is N#Cc1cnc2ccc(NC(CCN3CCOCC3)c3ncc[nH]3)cc2c1Nc1ccc(F)c(Cl)c1. The van der Waals surface area contributed by atoms with Crippen LogP contribution in [0.2, 0.25) is 5.02 Å². The topological polar surface area (TPSA) is 102 Å². The maximum absolute atomic E-state index is 13.7. The average Bonchev–Trinajstić information content (AvgIpc) is 3.44. The summed E-state index contributed by atoms with van der Waals surface area (Å²) in [5.41, 5.74) is 3.11. The molecule has 0 radical (unpaired) electrons. The van der Waals surface area contributed by atoms with Gasteiger partial charge in [-0.25, -0.2) is 9.37 Å². The Hall–Kier alpha value is -3.71. The molecule has 0 aliphatic carbocycles. The lowest BCUT2D eigenvalue weighted by Gasteiger charge is -2.28. The number of aromatic nitrogens is 3. The molecule has 3 heterocycles. The normalized spacial score (nSPS) is 14.9. The van der Waals surface area contributed by atoms with Crippen molar-refractivity contribution < 1.29 is 9.13 Å². The molecule has 2 aromatic carbocycles. The first-order chi connectivity index (χ1) is 17.6. The van der Waals surface area contributed by atoms with E-state index >= 15 is 0 Å². The van der Waals surface area contributed by atoms with E-state index in [4.69, 9.17) is 16.3 Å². The van der Waals surface area contributed by atoms with E-state index in [0.717, 1.165) is 61.7 Å². The Kier molecular flexibility index (Phi) is 7.28. The number of nitrogens with zero attached hydrogens (tertiary/aromatic N) is 4. The van der Waals surface area contributed by atoms with E-state index in [9.17, 15) is 9.65 Å². The van der Waals surface area contributed by atoms with Gasteiger partial charge in [0.05, 0.1) is 41.0 Å². The zero-order valence-corrected chi connectivity index (χ0v) is 20.2. The van der Waals surface area contributed by atoms with E-state index in [-0.39, 0.29) is 11.1 Å². The molecular formula is C26H25ClFN7O. The number of aromatic amines is 1. The van der Waals surface area contributed by atoms with Gasteiger partial charge in [0.2, 0.25) is 0 Å². The van der Waals surface area contributed by atoms with Crippen LogP contribution >= 0.6 is 11.6 Å². The van der Waals surface area contributed by atoms with Crippen molar-refractivity contribution in [3.05, 3.63) is 77.2 Å². The predicted molar refractivity (Wildman–Crippen MR) is 138 cm³/mol. The molecule has 2 aromatic heterocycles. The molecule has 1 fully saturated rings. The molecule has 5 rings (SSSR count). The van der Waals surface area contributed by atoms with Crippen molar-refractivity contribution >= 4 is 39.6 Å². The maximum atomic E-state index is 13.7. The smallest absolute Gasteiger partial charge is 0.141 e. The molecular weight excluding hydrogens is 481 g/mol.